The molecule has 1 aromatic rings. The molecule has 1 atom stereocenters. The molecule has 0 spiro atoms. The highest BCUT2D eigenvalue weighted by Gasteiger charge is 2.19. The van der Waals surface area contributed by atoms with Gasteiger partial charge in [-0.15, -0.1) is 0 Å². The Morgan fingerprint density at radius 3 is 2.18 bits per heavy atom. The molecule has 4 nitrogen and oxygen atoms in total. The van der Waals surface area contributed by atoms with E-state index in [0.29, 0.717) is 19.8 Å². The van der Waals surface area contributed by atoms with Gasteiger partial charge < -0.3 is 14.7 Å². The largest absolute Gasteiger partial charge is 0.389 e. The molecular weight excluding hydrogens is 276 g/mol. The lowest BCUT2D eigenvalue weighted by Gasteiger charge is -2.36. The molecule has 22 heavy (non-hydrogen) atoms. The first-order valence-corrected chi connectivity index (χ1v) is 8.38. The first kappa shape index (κ1) is 17.4. The molecule has 4 heteroatoms. The van der Waals surface area contributed by atoms with Crippen molar-refractivity contribution in [1.82, 2.24) is 9.80 Å². The van der Waals surface area contributed by atoms with E-state index in [1.165, 1.54) is 6.54 Å². The predicted octanol–water partition coefficient (Wildman–Crippen LogP) is 1.84. The number of ether oxygens (including phenoxy) is 1. The number of rotatable bonds is 8. The molecule has 1 aromatic carbocycles. The van der Waals surface area contributed by atoms with Crippen molar-refractivity contribution in [2.24, 2.45) is 5.92 Å². The van der Waals surface area contributed by atoms with Gasteiger partial charge >= 0.3 is 0 Å². The summed E-state index contributed by atoms with van der Waals surface area (Å²) in [6, 6.07) is 10.1. The number of aliphatic hydroxyl groups is 1. The molecule has 124 valence electrons. The van der Waals surface area contributed by atoms with Crippen molar-refractivity contribution in [1.29, 1.82) is 0 Å². The molecule has 1 unspecified atom stereocenters. The highest BCUT2D eigenvalue weighted by atomic mass is 16.5. The molecule has 0 radical (unpaired) electrons. The lowest BCUT2D eigenvalue weighted by molar-refractivity contribution is 0.000752. The van der Waals surface area contributed by atoms with Crippen LogP contribution in [0.15, 0.2) is 30.3 Å². The molecule has 0 aliphatic carbocycles. The minimum Gasteiger partial charge on any atom is -0.389 e. The molecule has 1 aliphatic heterocycles. The van der Waals surface area contributed by atoms with Crippen LogP contribution in [0.25, 0.3) is 0 Å². The molecule has 0 bridgehead atoms. The van der Waals surface area contributed by atoms with Gasteiger partial charge in [0.2, 0.25) is 0 Å². The SMILES string of the molecule is CC(C)CN1CCN(CC(O)COCc2ccccc2)CC1. The highest BCUT2D eigenvalue weighted by molar-refractivity contribution is 5.13. The topological polar surface area (TPSA) is 35.9 Å². The molecule has 1 N–H and O–H groups in total. The Morgan fingerprint density at radius 1 is 1.00 bits per heavy atom. The van der Waals surface area contributed by atoms with Gasteiger partial charge in [-0.2, -0.15) is 0 Å². The fourth-order valence-corrected chi connectivity index (χ4v) is 2.91. The quantitative estimate of drug-likeness (QED) is 0.795. The van der Waals surface area contributed by atoms with E-state index in [-0.39, 0.29) is 0 Å². The molecule has 2 rings (SSSR count). The average Bonchev–Trinajstić information content (AvgIpc) is 2.50. The Hall–Kier alpha value is -0.940. The fraction of sp³-hybridized carbons (Fsp3) is 0.667. The van der Waals surface area contributed by atoms with E-state index in [9.17, 15) is 5.11 Å². The third-order valence-corrected chi connectivity index (χ3v) is 3.98. The number of nitrogens with zero attached hydrogens (tertiary/aromatic N) is 2. The summed E-state index contributed by atoms with van der Waals surface area (Å²) in [4.78, 5) is 4.85. The van der Waals surface area contributed by atoms with Crippen LogP contribution in [0.1, 0.15) is 19.4 Å². The fourth-order valence-electron chi connectivity index (χ4n) is 2.91. The zero-order valence-corrected chi connectivity index (χ0v) is 13.9. The van der Waals surface area contributed by atoms with Crippen molar-refractivity contribution in [3.05, 3.63) is 35.9 Å². The summed E-state index contributed by atoms with van der Waals surface area (Å²) in [7, 11) is 0. The Balaban J connectivity index is 1.59. The van der Waals surface area contributed by atoms with E-state index in [2.05, 4.69) is 23.6 Å². The third-order valence-electron chi connectivity index (χ3n) is 3.98. The van der Waals surface area contributed by atoms with Crippen molar-refractivity contribution in [3.8, 4) is 0 Å². The van der Waals surface area contributed by atoms with Gasteiger partial charge in [0.15, 0.2) is 0 Å². The van der Waals surface area contributed by atoms with Gasteiger partial charge in [0.05, 0.1) is 19.3 Å². The monoisotopic (exact) mass is 306 g/mol. The molecular formula is C18H30N2O2. The van der Waals surface area contributed by atoms with Gasteiger partial charge in [-0.25, -0.2) is 0 Å². The maximum absolute atomic E-state index is 10.1. The van der Waals surface area contributed by atoms with Gasteiger partial charge in [0.1, 0.15) is 0 Å². The number of hydrogen-bond donors (Lipinski definition) is 1. The summed E-state index contributed by atoms with van der Waals surface area (Å²) in [6.45, 7) is 11.7. The van der Waals surface area contributed by atoms with Crippen LogP contribution in [0.4, 0.5) is 0 Å². The molecule has 1 saturated heterocycles. The van der Waals surface area contributed by atoms with Crippen LogP contribution in [0.5, 0.6) is 0 Å². The average molecular weight is 306 g/mol. The molecule has 0 saturated carbocycles. The van der Waals surface area contributed by atoms with Crippen molar-refractivity contribution < 1.29 is 9.84 Å². The zero-order chi connectivity index (χ0) is 15.8. The van der Waals surface area contributed by atoms with Crippen molar-refractivity contribution >= 4 is 0 Å². The predicted molar refractivity (Wildman–Crippen MR) is 89.8 cm³/mol. The van der Waals surface area contributed by atoms with Crippen molar-refractivity contribution in [2.75, 3.05) is 45.9 Å². The molecule has 1 fully saturated rings. The van der Waals surface area contributed by atoms with Crippen LogP contribution in [0, 0.1) is 5.92 Å². The lowest BCUT2D eigenvalue weighted by Crippen LogP contribution is -2.49. The third kappa shape index (κ3) is 6.44. The molecule has 0 aromatic heterocycles. The Labute approximate surface area is 134 Å². The van der Waals surface area contributed by atoms with Crippen molar-refractivity contribution in [3.63, 3.8) is 0 Å². The highest BCUT2D eigenvalue weighted by Crippen LogP contribution is 2.07. The summed E-state index contributed by atoms with van der Waals surface area (Å²) in [6.07, 6.45) is -0.402. The van der Waals surface area contributed by atoms with Crippen LogP contribution in [0.3, 0.4) is 0 Å². The van der Waals surface area contributed by atoms with Crippen LogP contribution < -0.4 is 0 Å². The second-order valence-corrected chi connectivity index (χ2v) is 6.65. The smallest absolute Gasteiger partial charge is 0.0900 e. The number of aliphatic hydroxyl groups excluding tert-OH is 1. The van der Waals surface area contributed by atoms with Gasteiger partial charge in [-0.1, -0.05) is 44.2 Å². The van der Waals surface area contributed by atoms with Crippen LogP contribution in [-0.4, -0.2) is 66.9 Å². The number of hydrogen-bond acceptors (Lipinski definition) is 4. The molecule has 0 amide bonds. The number of benzene rings is 1. The van der Waals surface area contributed by atoms with E-state index < -0.39 is 6.10 Å². The Kier molecular flexibility index (Phi) is 7.33. The van der Waals surface area contributed by atoms with E-state index in [4.69, 9.17) is 4.74 Å². The summed E-state index contributed by atoms with van der Waals surface area (Å²) in [5.41, 5.74) is 1.15. The number of β-amino-alcohol motifs (C(OH)–C–C–N with tert-alkyl or cyclic N) is 1. The van der Waals surface area contributed by atoms with E-state index in [1.54, 1.807) is 0 Å². The van der Waals surface area contributed by atoms with Gasteiger partial charge in [0.25, 0.3) is 0 Å². The molecule has 1 heterocycles. The van der Waals surface area contributed by atoms with E-state index in [1.807, 2.05) is 30.3 Å². The second kappa shape index (κ2) is 9.26. The van der Waals surface area contributed by atoms with Crippen LogP contribution in [0.2, 0.25) is 0 Å². The van der Waals surface area contributed by atoms with E-state index >= 15 is 0 Å². The lowest BCUT2D eigenvalue weighted by atomic mass is 10.2. The Bertz CT molecular complexity index is 403. The Morgan fingerprint density at radius 2 is 1.59 bits per heavy atom. The first-order valence-electron chi connectivity index (χ1n) is 8.38. The van der Waals surface area contributed by atoms with Gasteiger partial charge in [-0.05, 0) is 11.5 Å². The number of piperazine rings is 1. The van der Waals surface area contributed by atoms with Crippen LogP contribution >= 0.6 is 0 Å². The summed E-state index contributed by atoms with van der Waals surface area (Å²) in [5, 5.41) is 10.1. The van der Waals surface area contributed by atoms with E-state index in [0.717, 1.165) is 37.7 Å². The summed E-state index contributed by atoms with van der Waals surface area (Å²) >= 11 is 0. The maximum atomic E-state index is 10.1. The minimum absolute atomic E-state index is 0.402. The minimum atomic E-state index is -0.402. The first-order chi connectivity index (χ1) is 10.6. The van der Waals surface area contributed by atoms with Crippen molar-refractivity contribution in [2.45, 2.75) is 26.6 Å². The zero-order valence-electron chi connectivity index (χ0n) is 13.9. The maximum Gasteiger partial charge on any atom is 0.0900 e. The summed E-state index contributed by atoms with van der Waals surface area (Å²) in [5.74, 6) is 0.725. The second-order valence-electron chi connectivity index (χ2n) is 6.65. The standard InChI is InChI=1S/C18H30N2O2/c1-16(2)12-19-8-10-20(11-9-19)13-18(21)15-22-14-17-6-4-3-5-7-17/h3-7,16,18,21H,8-15H2,1-2H3. The van der Waals surface area contributed by atoms with Crippen LogP contribution in [-0.2, 0) is 11.3 Å². The van der Waals surface area contributed by atoms with Gasteiger partial charge in [0, 0.05) is 39.3 Å². The van der Waals surface area contributed by atoms with Gasteiger partial charge in [-0.3, -0.25) is 4.90 Å². The normalized spacial score (nSPS) is 18.7. The molecule has 1 aliphatic rings. The summed E-state index contributed by atoms with van der Waals surface area (Å²) < 4.78 is 5.61.